The van der Waals surface area contributed by atoms with Gasteiger partial charge in [0.05, 0.1) is 5.69 Å². The first-order valence-corrected chi connectivity index (χ1v) is 7.30. The van der Waals surface area contributed by atoms with Crippen LogP contribution in [0.25, 0.3) is 0 Å². The van der Waals surface area contributed by atoms with Crippen LogP contribution in [0.15, 0.2) is 6.20 Å². The first kappa shape index (κ1) is 13.5. The van der Waals surface area contributed by atoms with Gasteiger partial charge < -0.3 is 5.32 Å². The molecule has 1 saturated carbocycles. The van der Waals surface area contributed by atoms with E-state index in [1.165, 1.54) is 44.9 Å². The molecular formula is C14H26N4. The summed E-state index contributed by atoms with van der Waals surface area (Å²) in [5, 5.41) is 11.6. The molecule has 1 aromatic heterocycles. The van der Waals surface area contributed by atoms with Gasteiger partial charge in [0.1, 0.15) is 0 Å². The summed E-state index contributed by atoms with van der Waals surface area (Å²) < 4.78 is 1.79. The number of likely N-dealkylation sites (N-methyl/N-ethyl adjacent to an activating group) is 1. The van der Waals surface area contributed by atoms with Crippen molar-refractivity contribution in [2.45, 2.75) is 57.4 Å². The van der Waals surface area contributed by atoms with Crippen LogP contribution < -0.4 is 5.32 Å². The lowest BCUT2D eigenvalue weighted by Gasteiger charge is -2.21. The van der Waals surface area contributed by atoms with E-state index in [0.29, 0.717) is 6.04 Å². The average molecular weight is 250 g/mol. The fourth-order valence-corrected chi connectivity index (χ4v) is 3.05. The molecule has 1 atom stereocenters. The summed E-state index contributed by atoms with van der Waals surface area (Å²) in [5.74, 6) is 0.904. The van der Waals surface area contributed by atoms with Crippen molar-refractivity contribution in [1.29, 1.82) is 0 Å². The molecule has 18 heavy (non-hydrogen) atoms. The smallest absolute Gasteiger partial charge is 0.0842 e. The summed E-state index contributed by atoms with van der Waals surface area (Å²) in [5.41, 5.74) is 1.10. The standard InChI is InChI=1S/C14H26N4/c1-15-13(10-14-11-18(2)17-16-14)9-12-7-5-3-4-6-8-12/h11-13,15H,3-10H2,1-2H3. The molecule has 0 aliphatic heterocycles. The largest absolute Gasteiger partial charge is 0.317 e. The van der Waals surface area contributed by atoms with E-state index in [0.717, 1.165) is 18.0 Å². The van der Waals surface area contributed by atoms with Gasteiger partial charge in [0, 0.05) is 25.7 Å². The van der Waals surface area contributed by atoms with Crippen LogP contribution in [0.4, 0.5) is 0 Å². The van der Waals surface area contributed by atoms with Gasteiger partial charge in [-0.15, -0.1) is 5.10 Å². The Morgan fingerprint density at radius 3 is 2.61 bits per heavy atom. The van der Waals surface area contributed by atoms with Crippen LogP contribution in [0.2, 0.25) is 0 Å². The van der Waals surface area contributed by atoms with Crippen LogP contribution >= 0.6 is 0 Å². The highest BCUT2D eigenvalue weighted by Gasteiger charge is 2.18. The summed E-state index contributed by atoms with van der Waals surface area (Å²) in [6, 6.07) is 0.546. The molecule has 0 radical (unpaired) electrons. The van der Waals surface area contributed by atoms with Crippen LogP contribution in [0.1, 0.15) is 50.6 Å². The Bertz CT molecular complexity index is 339. The summed E-state index contributed by atoms with van der Waals surface area (Å²) >= 11 is 0. The number of hydrogen-bond acceptors (Lipinski definition) is 3. The normalized spacial score (nSPS) is 19.7. The fraction of sp³-hybridized carbons (Fsp3) is 0.857. The minimum atomic E-state index is 0.546. The number of aryl methyl sites for hydroxylation is 1. The highest BCUT2D eigenvalue weighted by Crippen LogP contribution is 2.26. The van der Waals surface area contributed by atoms with Gasteiger partial charge in [0.25, 0.3) is 0 Å². The minimum absolute atomic E-state index is 0.546. The van der Waals surface area contributed by atoms with Gasteiger partial charge in [-0.05, 0) is 19.4 Å². The number of hydrogen-bond donors (Lipinski definition) is 1. The topological polar surface area (TPSA) is 42.7 Å². The van der Waals surface area contributed by atoms with Gasteiger partial charge in [0.2, 0.25) is 0 Å². The molecule has 1 unspecified atom stereocenters. The first-order valence-electron chi connectivity index (χ1n) is 7.30. The molecular weight excluding hydrogens is 224 g/mol. The van der Waals surface area contributed by atoms with E-state index in [9.17, 15) is 0 Å². The first-order chi connectivity index (χ1) is 8.78. The van der Waals surface area contributed by atoms with E-state index in [1.807, 2.05) is 13.2 Å². The van der Waals surface area contributed by atoms with Crippen molar-refractivity contribution in [3.05, 3.63) is 11.9 Å². The van der Waals surface area contributed by atoms with E-state index in [-0.39, 0.29) is 0 Å². The Kier molecular flexibility index (Phi) is 5.17. The molecule has 1 heterocycles. The third-order valence-electron chi connectivity index (χ3n) is 4.11. The van der Waals surface area contributed by atoms with E-state index in [1.54, 1.807) is 4.68 Å². The molecule has 0 aromatic carbocycles. The van der Waals surface area contributed by atoms with Crippen molar-refractivity contribution in [2.24, 2.45) is 13.0 Å². The molecule has 1 aliphatic carbocycles. The highest BCUT2D eigenvalue weighted by molar-refractivity contribution is 4.96. The molecule has 0 bridgehead atoms. The quantitative estimate of drug-likeness (QED) is 0.815. The molecule has 4 heteroatoms. The molecule has 0 saturated heterocycles. The van der Waals surface area contributed by atoms with Gasteiger partial charge in [-0.25, -0.2) is 0 Å². The summed E-state index contributed by atoms with van der Waals surface area (Å²) in [7, 11) is 3.99. The van der Waals surface area contributed by atoms with Gasteiger partial charge in [-0.1, -0.05) is 43.7 Å². The van der Waals surface area contributed by atoms with E-state index in [2.05, 4.69) is 22.7 Å². The Labute approximate surface area is 110 Å². The molecule has 1 aliphatic rings. The van der Waals surface area contributed by atoms with Gasteiger partial charge in [-0.2, -0.15) is 0 Å². The summed E-state index contributed by atoms with van der Waals surface area (Å²) in [6.45, 7) is 0. The molecule has 1 fully saturated rings. The van der Waals surface area contributed by atoms with Crippen molar-refractivity contribution in [1.82, 2.24) is 20.3 Å². The monoisotopic (exact) mass is 250 g/mol. The van der Waals surface area contributed by atoms with E-state index < -0.39 is 0 Å². The number of rotatable bonds is 5. The third kappa shape index (κ3) is 4.09. The number of aromatic nitrogens is 3. The Morgan fingerprint density at radius 1 is 1.33 bits per heavy atom. The predicted octanol–water partition coefficient (Wildman–Crippen LogP) is 2.31. The van der Waals surface area contributed by atoms with Gasteiger partial charge in [0.15, 0.2) is 0 Å². The zero-order chi connectivity index (χ0) is 12.8. The van der Waals surface area contributed by atoms with Crippen molar-refractivity contribution >= 4 is 0 Å². The molecule has 4 nitrogen and oxygen atoms in total. The molecule has 0 amide bonds. The molecule has 102 valence electrons. The number of nitrogens with one attached hydrogen (secondary N) is 1. The molecule has 0 spiro atoms. The zero-order valence-corrected chi connectivity index (χ0v) is 11.7. The molecule has 1 N–H and O–H groups in total. The van der Waals surface area contributed by atoms with Crippen LogP contribution in [0.5, 0.6) is 0 Å². The molecule has 2 rings (SSSR count). The van der Waals surface area contributed by atoms with E-state index in [4.69, 9.17) is 0 Å². The zero-order valence-electron chi connectivity index (χ0n) is 11.7. The molecule has 1 aromatic rings. The summed E-state index contributed by atoms with van der Waals surface area (Å²) in [4.78, 5) is 0. The van der Waals surface area contributed by atoms with E-state index >= 15 is 0 Å². The maximum absolute atomic E-state index is 4.19. The van der Waals surface area contributed by atoms with Crippen LogP contribution in [0, 0.1) is 5.92 Å². The van der Waals surface area contributed by atoms with Crippen molar-refractivity contribution in [2.75, 3.05) is 7.05 Å². The maximum atomic E-state index is 4.19. The minimum Gasteiger partial charge on any atom is -0.317 e. The van der Waals surface area contributed by atoms with Crippen molar-refractivity contribution < 1.29 is 0 Å². The lowest BCUT2D eigenvalue weighted by atomic mass is 9.91. The average Bonchev–Trinajstić information content (AvgIpc) is 2.63. The van der Waals surface area contributed by atoms with Gasteiger partial charge in [-0.3, -0.25) is 4.68 Å². The lowest BCUT2D eigenvalue weighted by Crippen LogP contribution is -2.30. The lowest BCUT2D eigenvalue weighted by molar-refractivity contribution is 0.360. The third-order valence-corrected chi connectivity index (χ3v) is 4.11. The Balaban J connectivity index is 1.84. The van der Waals surface area contributed by atoms with Crippen LogP contribution in [-0.4, -0.2) is 28.1 Å². The highest BCUT2D eigenvalue weighted by atomic mass is 15.4. The van der Waals surface area contributed by atoms with Crippen LogP contribution in [0.3, 0.4) is 0 Å². The summed E-state index contributed by atoms with van der Waals surface area (Å²) in [6.07, 6.45) is 12.9. The SMILES string of the molecule is CNC(Cc1cn(C)nn1)CC1CCCCCC1. The second-order valence-electron chi connectivity index (χ2n) is 5.67. The number of nitrogens with zero attached hydrogens (tertiary/aromatic N) is 3. The second kappa shape index (κ2) is 6.88. The maximum Gasteiger partial charge on any atom is 0.0842 e. The van der Waals surface area contributed by atoms with Crippen LogP contribution in [-0.2, 0) is 13.5 Å². The Hall–Kier alpha value is -0.900. The fourth-order valence-electron chi connectivity index (χ4n) is 3.05. The Morgan fingerprint density at radius 2 is 2.06 bits per heavy atom. The van der Waals surface area contributed by atoms with Crippen molar-refractivity contribution in [3.63, 3.8) is 0 Å². The predicted molar refractivity (Wildman–Crippen MR) is 73.4 cm³/mol. The second-order valence-corrected chi connectivity index (χ2v) is 5.67. The van der Waals surface area contributed by atoms with Crippen molar-refractivity contribution in [3.8, 4) is 0 Å². The van der Waals surface area contributed by atoms with Gasteiger partial charge >= 0.3 is 0 Å².